The molecule has 1 aromatic rings. The highest BCUT2D eigenvalue weighted by Gasteiger charge is 2.41. The molecule has 1 aliphatic rings. The monoisotopic (exact) mass is 206 g/mol. The van der Waals surface area contributed by atoms with Crippen molar-refractivity contribution >= 4 is 6.29 Å². The van der Waals surface area contributed by atoms with Crippen molar-refractivity contribution in [2.45, 2.75) is 31.8 Å². The first-order valence-corrected chi connectivity index (χ1v) is 4.98. The van der Waals surface area contributed by atoms with E-state index in [0.29, 0.717) is 0 Å². The number of carbonyl (C=O) groups is 1. The first-order chi connectivity index (χ1) is 7.12. The highest BCUT2D eigenvalue weighted by molar-refractivity contribution is 5.58. The van der Waals surface area contributed by atoms with E-state index >= 15 is 0 Å². The molecule has 1 aromatic carbocycles. The summed E-state index contributed by atoms with van der Waals surface area (Å²) in [4.78, 5) is 10.9. The van der Waals surface area contributed by atoms with Crippen LogP contribution in [-0.4, -0.2) is 18.2 Å². The summed E-state index contributed by atoms with van der Waals surface area (Å²) in [6, 6.07) is 9.65. The second-order valence-corrected chi connectivity index (χ2v) is 4.07. The summed E-state index contributed by atoms with van der Waals surface area (Å²) in [6.07, 6.45) is -0.00650. The van der Waals surface area contributed by atoms with Gasteiger partial charge < -0.3 is 14.3 Å². The molecule has 0 bridgehead atoms. The van der Waals surface area contributed by atoms with Crippen molar-refractivity contribution in [3.05, 3.63) is 35.9 Å². The van der Waals surface area contributed by atoms with Crippen LogP contribution in [0.5, 0.6) is 0 Å². The maximum absolute atomic E-state index is 10.9. The van der Waals surface area contributed by atoms with Crippen LogP contribution in [0.15, 0.2) is 30.3 Å². The van der Waals surface area contributed by atoms with E-state index < -0.39 is 11.9 Å². The van der Waals surface area contributed by atoms with Crippen LogP contribution in [0, 0.1) is 0 Å². The van der Waals surface area contributed by atoms with E-state index in [1.807, 2.05) is 44.2 Å². The molecule has 0 N–H and O–H groups in total. The van der Waals surface area contributed by atoms with E-state index in [2.05, 4.69) is 0 Å². The van der Waals surface area contributed by atoms with Gasteiger partial charge in [0, 0.05) is 0 Å². The van der Waals surface area contributed by atoms with Crippen molar-refractivity contribution in [2.24, 2.45) is 0 Å². The van der Waals surface area contributed by atoms with Gasteiger partial charge in [0.15, 0.2) is 12.1 Å². The summed E-state index contributed by atoms with van der Waals surface area (Å²) >= 11 is 0. The molecule has 2 rings (SSSR count). The van der Waals surface area contributed by atoms with Gasteiger partial charge >= 0.3 is 0 Å². The molecular formula is C12H14O3. The van der Waals surface area contributed by atoms with Crippen LogP contribution in [0.25, 0.3) is 0 Å². The Morgan fingerprint density at radius 3 is 2.47 bits per heavy atom. The molecule has 0 saturated carbocycles. The molecular weight excluding hydrogens is 192 g/mol. The summed E-state index contributed by atoms with van der Waals surface area (Å²) in [5, 5.41) is 0. The zero-order valence-corrected chi connectivity index (χ0v) is 8.84. The van der Waals surface area contributed by atoms with Crippen LogP contribution in [0.4, 0.5) is 0 Å². The second kappa shape index (κ2) is 3.76. The Hall–Kier alpha value is -1.19. The Labute approximate surface area is 89.0 Å². The maximum atomic E-state index is 10.9. The SMILES string of the molecule is CC1(C)O[C@H](c2ccccc2)[C@@H](C=O)O1. The molecule has 2 atom stereocenters. The third-order valence-corrected chi connectivity index (χ3v) is 2.39. The Bertz CT molecular complexity index is 345. The van der Waals surface area contributed by atoms with Gasteiger partial charge in [-0.25, -0.2) is 0 Å². The van der Waals surface area contributed by atoms with Crippen molar-refractivity contribution in [1.82, 2.24) is 0 Å². The Balaban J connectivity index is 2.26. The molecule has 3 nitrogen and oxygen atoms in total. The number of rotatable bonds is 2. The average molecular weight is 206 g/mol. The van der Waals surface area contributed by atoms with E-state index in [-0.39, 0.29) is 6.10 Å². The standard InChI is InChI=1S/C12H14O3/c1-12(2)14-10(8-13)11(15-12)9-6-4-3-5-7-9/h3-8,10-11H,1-2H3/t10-,11-/m1/s1. The molecule has 3 heteroatoms. The lowest BCUT2D eigenvalue weighted by Crippen LogP contribution is -2.21. The topological polar surface area (TPSA) is 35.5 Å². The fourth-order valence-corrected chi connectivity index (χ4v) is 1.79. The van der Waals surface area contributed by atoms with E-state index in [1.165, 1.54) is 0 Å². The van der Waals surface area contributed by atoms with Crippen LogP contribution < -0.4 is 0 Å². The molecule has 0 spiro atoms. The molecule has 1 aliphatic heterocycles. The third kappa shape index (κ3) is 2.08. The van der Waals surface area contributed by atoms with Gasteiger partial charge in [0.1, 0.15) is 12.2 Å². The van der Waals surface area contributed by atoms with Crippen LogP contribution in [-0.2, 0) is 14.3 Å². The molecule has 0 radical (unpaired) electrons. The van der Waals surface area contributed by atoms with Crippen molar-refractivity contribution in [1.29, 1.82) is 0 Å². The lowest BCUT2D eigenvalue weighted by molar-refractivity contribution is -0.150. The number of aldehydes is 1. The smallest absolute Gasteiger partial charge is 0.164 e. The number of hydrogen-bond acceptors (Lipinski definition) is 3. The summed E-state index contributed by atoms with van der Waals surface area (Å²) in [5.41, 5.74) is 0.972. The molecule has 1 saturated heterocycles. The Kier molecular flexibility index (Phi) is 2.59. The summed E-state index contributed by atoms with van der Waals surface area (Å²) < 4.78 is 11.2. The molecule has 1 fully saturated rings. The Morgan fingerprint density at radius 1 is 1.20 bits per heavy atom. The van der Waals surface area contributed by atoms with Gasteiger partial charge in [-0.15, -0.1) is 0 Å². The van der Waals surface area contributed by atoms with E-state index in [1.54, 1.807) is 0 Å². The minimum atomic E-state index is -0.688. The summed E-state index contributed by atoms with van der Waals surface area (Å²) in [7, 11) is 0. The molecule has 80 valence electrons. The van der Waals surface area contributed by atoms with Crippen LogP contribution >= 0.6 is 0 Å². The van der Waals surface area contributed by atoms with Gasteiger partial charge in [-0.1, -0.05) is 30.3 Å². The van der Waals surface area contributed by atoms with Gasteiger partial charge in [0.25, 0.3) is 0 Å². The minimum Gasteiger partial charge on any atom is -0.339 e. The lowest BCUT2D eigenvalue weighted by atomic mass is 10.1. The minimum absolute atomic E-state index is 0.293. The Morgan fingerprint density at radius 2 is 1.87 bits per heavy atom. The number of carbonyl (C=O) groups excluding carboxylic acids is 1. The van der Waals surface area contributed by atoms with Gasteiger partial charge in [-0.05, 0) is 19.4 Å². The molecule has 0 unspecified atom stereocenters. The van der Waals surface area contributed by atoms with E-state index in [4.69, 9.17) is 9.47 Å². The molecule has 0 amide bonds. The molecule has 0 aliphatic carbocycles. The summed E-state index contributed by atoms with van der Waals surface area (Å²) in [5.74, 6) is -0.688. The van der Waals surface area contributed by atoms with Gasteiger partial charge in [0.05, 0.1) is 0 Å². The fourth-order valence-electron chi connectivity index (χ4n) is 1.79. The van der Waals surface area contributed by atoms with Gasteiger partial charge in [-0.2, -0.15) is 0 Å². The fraction of sp³-hybridized carbons (Fsp3) is 0.417. The van der Waals surface area contributed by atoms with Crippen molar-refractivity contribution in [3.8, 4) is 0 Å². The number of benzene rings is 1. The predicted octanol–water partition coefficient (Wildman–Crippen LogP) is 2.08. The second-order valence-electron chi connectivity index (χ2n) is 4.07. The van der Waals surface area contributed by atoms with Crippen LogP contribution in [0.1, 0.15) is 25.5 Å². The molecule has 1 heterocycles. The highest BCUT2D eigenvalue weighted by atomic mass is 16.8. The van der Waals surface area contributed by atoms with Crippen LogP contribution in [0.3, 0.4) is 0 Å². The van der Waals surface area contributed by atoms with Gasteiger partial charge in [-0.3, -0.25) is 0 Å². The summed E-state index contributed by atoms with van der Waals surface area (Å²) in [6.45, 7) is 3.62. The molecule has 15 heavy (non-hydrogen) atoms. The third-order valence-electron chi connectivity index (χ3n) is 2.39. The zero-order chi connectivity index (χ0) is 10.9. The first-order valence-electron chi connectivity index (χ1n) is 4.98. The average Bonchev–Trinajstić information content (AvgIpc) is 2.55. The number of ether oxygens (including phenoxy) is 2. The van der Waals surface area contributed by atoms with Crippen molar-refractivity contribution in [3.63, 3.8) is 0 Å². The van der Waals surface area contributed by atoms with E-state index in [9.17, 15) is 4.79 Å². The zero-order valence-electron chi connectivity index (χ0n) is 8.84. The normalized spacial score (nSPS) is 28.9. The van der Waals surface area contributed by atoms with E-state index in [0.717, 1.165) is 11.8 Å². The first kappa shape index (κ1) is 10.3. The van der Waals surface area contributed by atoms with Crippen molar-refractivity contribution < 1.29 is 14.3 Å². The highest BCUT2D eigenvalue weighted by Crippen LogP contribution is 2.36. The van der Waals surface area contributed by atoms with Gasteiger partial charge in [0.2, 0.25) is 0 Å². The predicted molar refractivity (Wildman–Crippen MR) is 55.3 cm³/mol. The lowest BCUT2D eigenvalue weighted by Gasteiger charge is -2.16. The largest absolute Gasteiger partial charge is 0.339 e. The number of hydrogen-bond donors (Lipinski definition) is 0. The molecule has 0 aromatic heterocycles. The van der Waals surface area contributed by atoms with Crippen LogP contribution in [0.2, 0.25) is 0 Å². The van der Waals surface area contributed by atoms with Crippen molar-refractivity contribution in [2.75, 3.05) is 0 Å². The quantitative estimate of drug-likeness (QED) is 0.695. The maximum Gasteiger partial charge on any atom is 0.164 e.